The van der Waals surface area contributed by atoms with Gasteiger partial charge in [-0.05, 0) is 74.2 Å². The third kappa shape index (κ3) is 7.34. The van der Waals surface area contributed by atoms with Crippen molar-refractivity contribution < 1.29 is 0 Å². The second-order valence-corrected chi connectivity index (χ2v) is 7.32. The summed E-state index contributed by atoms with van der Waals surface area (Å²) < 4.78 is 0. The summed E-state index contributed by atoms with van der Waals surface area (Å²) in [7, 11) is 0. The zero-order valence-corrected chi connectivity index (χ0v) is 18.0. The molecule has 4 N–H and O–H groups in total. The molecule has 0 fully saturated rings. The summed E-state index contributed by atoms with van der Waals surface area (Å²) in [6.07, 6.45) is 4.60. The third-order valence-electron chi connectivity index (χ3n) is 5.27. The molecule has 0 amide bonds. The Balaban J connectivity index is 1.71. The Morgan fingerprint density at radius 2 is 0.786 bits per heavy atom. The lowest BCUT2D eigenvalue weighted by Crippen LogP contribution is -2.17. The summed E-state index contributed by atoms with van der Waals surface area (Å²) in [5.41, 5.74) is 4.70. The average molecular weight is 383 g/mol. The fourth-order valence-electron chi connectivity index (χ4n) is 3.24. The van der Waals surface area contributed by atoms with Crippen LogP contribution in [0.25, 0.3) is 0 Å². The Bertz CT molecular complexity index is 584. The predicted molar refractivity (Wildman–Crippen MR) is 126 cm³/mol. The van der Waals surface area contributed by atoms with E-state index in [2.05, 4.69) is 97.5 Å². The van der Waals surface area contributed by atoms with E-state index in [0.717, 1.165) is 50.1 Å². The average Bonchev–Trinajstić information content (AvgIpc) is 2.75. The Kier molecular flexibility index (Phi) is 9.53. The molecule has 0 aromatic heterocycles. The second-order valence-electron chi connectivity index (χ2n) is 7.32. The highest BCUT2D eigenvalue weighted by molar-refractivity contribution is 5.55. The minimum atomic E-state index is 0.555. The van der Waals surface area contributed by atoms with Crippen LogP contribution in [-0.4, -0.2) is 25.2 Å². The number of benzene rings is 2. The van der Waals surface area contributed by atoms with Crippen LogP contribution in [0.5, 0.6) is 0 Å². The van der Waals surface area contributed by atoms with Gasteiger partial charge in [-0.3, -0.25) is 0 Å². The molecule has 0 atom stereocenters. The lowest BCUT2D eigenvalue weighted by Gasteiger charge is -2.17. The van der Waals surface area contributed by atoms with Gasteiger partial charge in [-0.1, -0.05) is 27.7 Å². The van der Waals surface area contributed by atoms with Crippen LogP contribution >= 0.6 is 0 Å². The van der Waals surface area contributed by atoms with Gasteiger partial charge in [-0.2, -0.15) is 0 Å². The van der Waals surface area contributed by atoms with Crippen LogP contribution in [0, 0.1) is 0 Å². The van der Waals surface area contributed by atoms with Crippen molar-refractivity contribution in [2.24, 2.45) is 0 Å². The highest BCUT2D eigenvalue weighted by atomic mass is 15.0. The van der Waals surface area contributed by atoms with E-state index in [4.69, 9.17) is 0 Å². The molecule has 0 unspecified atom stereocenters. The Morgan fingerprint density at radius 3 is 1.07 bits per heavy atom. The van der Waals surface area contributed by atoms with E-state index in [1.807, 2.05) is 0 Å². The minimum absolute atomic E-state index is 0.555. The predicted octanol–water partition coefficient (Wildman–Crippen LogP) is 6.41. The number of hydrogen-bond donors (Lipinski definition) is 4. The Hall–Kier alpha value is -2.36. The van der Waals surface area contributed by atoms with Crippen molar-refractivity contribution in [2.45, 2.75) is 65.5 Å². The zero-order valence-electron chi connectivity index (χ0n) is 18.0. The molecular weight excluding hydrogens is 344 g/mol. The molecule has 0 bridgehead atoms. The fourth-order valence-corrected chi connectivity index (χ4v) is 3.24. The first-order valence-electron chi connectivity index (χ1n) is 10.9. The maximum Gasteiger partial charge on any atom is 0.0343 e. The summed E-state index contributed by atoms with van der Waals surface area (Å²) >= 11 is 0. The molecule has 28 heavy (non-hydrogen) atoms. The van der Waals surface area contributed by atoms with Crippen molar-refractivity contribution in [2.75, 3.05) is 34.4 Å². The van der Waals surface area contributed by atoms with E-state index in [9.17, 15) is 0 Å². The number of rotatable bonds is 13. The van der Waals surface area contributed by atoms with Gasteiger partial charge in [-0.15, -0.1) is 0 Å². The van der Waals surface area contributed by atoms with Crippen LogP contribution in [-0.2, 0) is 0 Å². The van der Waals surface area contributed by atoms with Gasteiger partial charge in [0.15, 0.2) is 0 Å². The monoisotopic (exact) mass is 382 g/mol. The summed E-state index contributed by atoms with van der Waals surface area (Å²) in [6.45, 7) is 10.7. The smallest absolute Gasteiger partial charge is 0.0343 e. The molecule has 0 heterocycles. The summed E-state index contributed by atoms with van der Waals surface area (Å²) in [4.78, 5) is 0. The molecule has 0 spiro atoms. The van der Waals surface area contributed by atoms with E-state index in [1.54, 1.807) is 0 Å². The number of hydrogen-bond acceptors (Lipinski definition) is 4. The molecule has 2 rings (SSSR count). The molecule has 2 aromatic rings. The standard InChI is InChI=1S/C24H38N4/c1-5-19(6-2)27-23-13-9-21(10-14-23)25-17-18-26-22-11-15-24(16-12-22)28-20(7-3)8-4/h9-16,19-20,25-28H,5-8,17-18H2,1-4H3. The third-order valence-corrected chi connectivity index (χ3v) is 5.27. The van der Waals surface area contributed by atoms with Crippen LogP contribution in [0.2, 0.25) is 0 Å². The molecule has 0 radical (unpaired) electrons. The number of anilines is 4. The summed E-state index contributed by atoms with van der Waals surface area (Å²) in [5, 5.41) is 14.1. The number of nitrogens with one attached hydrogen (secondary N) is 4. The lowest BCUT2D eigenvalue weighted by atomic mass is 10.1. The largest absolute Gasteiger partial charge is 0.383 e. The van der Waals surface area contributed by atoms with Crippen molar-refractivity contribution in [3.05, 3.63) is 48.5 Å². The quantitative estimate of drug-likeness (QED) is 0.302. The first-order chi connectivity index (χ1) is 13.7. The Labute approximate surface area is 171 Å². The van der Waals surface area contributed by atoms with Crippen molar-refractivity contribution >= 4 is 22.7 Å². The molecular formula is C24H38N4. The van der Waals surface area contributed by atoms with Crippen LogP contribution in [0.15, 0.2) is 48.5 Å². The van der Waals surface area contributed by atoms with Crippen molar-refractivity contribution in [3.8, 4) is 0 Å². The van der Waals surface area contributed by atoms with Gasteiger partial charge in [0.1, 0.15) is 0 Å². The van der Waals surface area contributed by atoms with Crippen LogP contribution in [0.1, 0.15) is 53.4 Å². The molecule has 0 aliphatic heterocycles. The topological polar surface area (TPSA) is 48.1 Å². The van der Waals surface area contributed by atoms with Crippen LogP contribution < -0.4 is 21.3 Å². The molecule has 2 aromatic carbocycles. The van der Waals surface area contributed by atoms with Crippen LogP contribution in [0.4, 0.5) is 22.7 Å². The highest BCUT2D eigenvalue weighted by Gasteiger charge is 2.03. The fraction of sp³-hybridized carbons (Fsp3) is 0.500. The van der Waals surface area contributed by atoms with Gasteiger partial charge >= 0.3 is 0 Å². The van der Waals surface area contributed by atoms with E-state index in [-0.39, 0.29) is 0 Å². The van der Waals surface area contributed by atoms with Crippen molar-refractivity contribution in [1.82, 2.24) is 0 Å². The zero-order chi connectivity index (χ0) is 20.2. The molecule has 0 aliphatic carbocycles. The van der Waals surface area contributed by atoms with Crippen LogP contribution in [0.3, 0.4) is 0 Å². The first-order valence-corrected chi connectivity index (χ1v) is 10.9. The van der Waals surface area contributed by atoms with E-state index >= 15 is 0 Å². The van der Waals surface area contributed by atoms with Gasteiger partial charge in [0, 0.05) is 47.9 Å². The molecule has 0 aliphatic rings. The highest BCUT2D eigenvalue weighted by Crippen LogP contribution is 2.17. The van der Waals surface area contributed by atoms with E-state index in [0.29, 0.717) is 12.1 Å². The van der Waals surface area contributed by atoms with E-state index < -0.39 is 0 Å². The molecule has 0 saturated carbocycles. The normalized spacial score (nSPS) is 10.9. The van der Waals surface area contributed by atoms with Crippen molar-refractivity contribution in [1.29, 1.82) is 0 Å². The SMILES string of the molecule is CCC(CC)Nc1ccc(NCCNc2ccc(NC(CC)CC)cc2)cc1. The Morgan fingerprint density at radius 1 is 0.500 bits per heavy atom. The van der Waals surface area contributed by atoms with Gasteiger partial charge in [-0.25, -0.2) is 0 Å². The molecule has 4 nitrogen and oxygen atoms in total. The summed E-state index contributed by atoms with van der Waals surface area (Å²) in [6, 6.07) is 18.3. The van der Waals surface area contributed by atoms with Gasteiger partial charge < -0.3 is 21.3 Å². The van der Waals surface area contributed by atoms with Gasteiger partial charge in [0.05, 0.1) is 0 Å². The minimum Gasteiger partial charge on any atom is -0.383 e. The second kappa shape index (κ2) is 12.2. The molecule has 4 heteroatoms. The summed E-state index contributed by atoms with van der Waals surface area (Å²) in [5.74, 6) is 0. The molecule has 0 saturated heterocycles. The molecule has 154 valence electrons. The first kappa shape index (κ1) is 21.9. The van der Waals surface area contributed by atoms with Gasteiger partial charge in [0.25, 0.3) is 0 Å². The maximum absolute atomic E-state index is 3.57. The van der Waals surface area contributed by atoms with Gasteiger partial charge in [0.2, 0.25) is 0 Å². The lowest BCUT2D eigenvalue weighted by molar-refractivity contribution is 0.672. The maximum atomic E-state index is 3.57. The van der Waals surface area contributed by atoms with E-state index in [1.165, 1.54) is 11.4 Å². The van der Waals surface area contributed by atoms with Crippen molar-refractivity contribution in [3.63, 3.8) is 0 Å².